The molecule has 18 heavy (non-hydrogen) atoms. The average molecular weight is 244 g/mol. The number of nitrogens with one attached hydrogen (secondary N) is 2. The van der Waals surface area contributed by atoms with Crippen LogP contribution in [0.3, 0.4) is 0 Å². The number of aromatic nitrogens is 4. The Hall–Kier alpha value is -1.95. The third-order valence-corrected chi connectivity index (χ3v) is 3.08. The van der Waals surface area contributed by atoms with Crippen molar-refractivity contribution in [2.75, 3.05) is 24.5 Å². The third kappa shape index (κ3) is 2.19. The van der Waals surface area contributed by atoms with Crippen molar-refractivity contribution in [1.82, 2.24) is 25.5 Å². The van der Waals surface area contributed by atoms with Crippen molar-refractivity contribution in [2.24, 2.45) is 0 Å². The smallest absolute Gasteiger partial charge is 0.245 e. The summed E-state index contributed by atoms with van der Waals surface area (Å²) in [6, 6.07) is 4.32. The summed E-state index contributed by atoms with van der Waals surface area (Å²) >= 11 is 0. The fourth-order valence-corrected chi connectivity index (χ4v) is 2.15. The third-order valence-electron chi connectivity index (χ3n) is 3.08. The van der Waals surface area contributed by atoms with E-state index < -0.39 is 0 Å². The van der Waals surface area contributed by atoms with Gasteiger partial charge in [0.2, 0.25) is 5.95 Å². The highest BCUT2D eigenvalue weighted by Crippen LogP contribution is 2.17. The predicted octanol–water partition coefficient (Wildman–Crippen LogP) is 0.665. The molecule has 1 saturated heterocycles. The molecule has 0 aliphatic carbocycles. The monoisotopic (exact) mass is 244 g/mol. The Bertz CT molecular complexity index is 508. The fourth-order valence-electron chi connectivity index (χ4n) is 2.15. The number of anilines is 1. The molecule has 6 nitrogen and oxygen atoms in total. The molecule has 1 aliphatic rings. The molecule has 0 saturated carbocycles. The van der Waals surface area contributed by atoms with E-state index in [0.717, 1.165) is 37.0 Å². The summed E-state index contributed by atoms with van der Waals surface area (Å²) in [6.07, 6.45) is 3.51. The van der Waals surface area contributed by atoms with E-state index >= 15 is 0 Å². The molecule has 2 aromatic rings. The zero-order chi connectivity index (χ0) is 12.4. The highest BCUT2D eigenvalue weighted by Gasteiger charge is 2.19. The number of rotatable bonds is 2. The zero-order valence-electron chi connectivity index (χ0n) is 10.3. The Morgan fingerprint density at radius 1 is 1.33 bits per heavy atom. The Balaban J connectivity index is 1.81. The van der Waals surface area contributed by atoms with Gasteiger partial charge >= 0.3 is 0 Å². The number of pyridine rings is 1. The van der Waals surface area contributed by atoms with Crippen LogP contribution in [0.5, 0.6) is 0 Å². The number of H-pyrrole nitrogens is 1. The molecule has 3 heterocycles. The van der Waals surface area contributed by atoms with Gasteiger partial charge in [-0.15, -0.1) is 5.10 Å². The lowest BCUT2D eigenvalue weighted by molar-refractivity contribution is 0.480. The molecule has 3 rings (SSSR count). The van der Waals surface area contributed by atoms with Crippen LogP contribution in [0.4, 0.5) is 5.95 Å². The lowest BCUT2D eigenvalue weighted by atomic mass is 10.2. The van der Waals surface area contributed by atoms with Gasteiger partial charge in [-0.25, -0.2) is 0 Å². The SMILES string of the molecule is CC1CN(c2n[nH]c(-c3ccncc3)n2)CCN1. The van der Waals surface area contributed by atoms with E-state index in [1.54, 1.807) is 12.4 Å². The van der Waals surface area contributed by atoms with Gasteiger partial charge in [0.1, 0.15) is 0 Å². The van der Waals surface area contributed by atoms with Crippen molar-refractivity contribution in [3.05, 3.63) is 24.5 Å². The molecule has 1 aliphatic heterocycles. The highest BCUT2D eigenvalue weighted by molar-refractivity contribution is 5.55. The number of aromatic amines is 1. The first-order valence-corrected chi connectivity index (χ1v) is 6.14. The molecule has 1 unspecified atom stereocenters. The maximum absolute atomic E-state index is 4.54. The van der Waals surface area contributed by atoms with E-state index in [2.05, 4.69) is 37.3 Å². The Morgan fingerprint density at radius 3 is 2.94 bits per heavy atom. The number of nitrogens with zero attached hydrogens (tertiary/aromatic N) is 4. The molecule has 0 radical (unpaired) electrons. The Kier molecular flexibility index (Phi) is 2.93. The lowest BCUT2D eigenvalue weighted by Gasteiger charge is -2.30. The molecule has 1 atom stereocenters. The summed E-state index contributed by atoms with van der Waals surface area (Å²) in [5, 5.41) is 10.7. The first-order chi connectivity index (χ1) is 8.83. The summed E-state index contributed by atoms with van der Waals surface area (Å²) in [6.45, 7) is 5.02. The molecule has 1 fully saturated rings. The topological polar surface area (TPSA) is 69.7 Å². The molecule has 2 aromatic heterocycles. The van der Waals surface area contributed by atoms with Crippen LogP contribution in [0, 0.1) is 0 Å². The summed E-state index contributed by atoms with van der Waals surface area (Å²) in [7, 11) is 0. The van der Waals surface area contributed by atoms with Crippen LogP contribution in [-0.4, -0.2) is 45.8 Å². The second-order valence-electron chi connectivity index (χ2n) is 4.52. The van der Waals surface area contributed by atoms with Crippen molar-refractivity contribution in [1.29, 1.82) is 0 Å². The molecule has 2 N–H and O–H groups in total. The molecular weight excluding hydrogens is 228 g/mol. The highest BCUT2D eigenvalue weighted by atomic mass is 15.4. The normalized spacial score (nSPS) is 20.1. The van der Waals surface area contributed by atoms with Gasteiger partial charge in [-0.3, -0.25) is 10.1 Å². The summed E-state index contributed by atoms with van der Waals surface area (Å²) in [5.41, 5.74) is 1.01. The van der Waals surface area contributed by atoms with E-state index in [1.165, 1.54) is 0 Å². The summed E-state index contributed by atoms with van der Waals surface area (Å²) in [5.74, 6) is 1.56. The summed E-state index contributed by atoms with van der Waals surface area (Å²) in [4.78, 5) is 10.7. The van der Waals surface area contributed by atoms with Gasteiger partial charge in [0.25, 0.3) is 0 Å². The zero-order valence-corrected chi connectivity index (χ0v) is 10.3. The van der Waals surface area contributed by atoms with Crippen molar-refractivity contribution < 1.29 is 0 Å². The van der Waals surface area contributed by atoms with E-state index in [1.807, 2.05) is 12.1 Å². The fraction of sp³-hybridized carbons (Fsp3) is 0.417. The molecule has 6 heteroatoms. The van der Waals surface area contributed by atoms with Crippen molar-refractivity contribution in [3.8, 4) is 11.4 Å². The number of piperazine rings is 1. The van der Waals surface area contributed by atoms with Gasteiger partial charge in [-0.05, 0) is 19.1 Å². The minimum absolute atomic E-state index is 0.474. The van der Waals surface area contributed by atoms with Crippen LogP contribution in [0.2, 0.25) is 0 Å². The second-order valence-corrected chi connectivity index (χ2v) is 4.52. The van der Waals surface area contributed by atoms with Crippen LogP contribution in [0.15, 0.2) is 24.5 Å². The first-order valence-electron chi connectivity index (χ1n) is 6.14. The van der Waals surface area contributed by atoms with Gasteiger partial charge in [0.15, 0.2) is 5.82 Å². The van der Waals surface area contributed by atoms with Gasteiger partial charge in [0, 0.05) is 43.6 Å². The minimum Gasteiger partial charge on any atom is -0.337 e. The van der Waals surface area contributed by atoms with Crippen molar-refractivity contribution in [2.45, 2.75) is 13.0 Å². The standard InChI is InChI=1S/C12H16N6/c1-9-8-18(7-6-14-9)12-15-11(16-17-12)10-2-4-13-5-3-10/h2-5,9,14H,6-8H2,1H3,(H,15,16,17). The Morgan fingerprint density at radius 2 is 2.17 bits per heavy atom. The second kappa shape index (κ2) is 4.73. The summed E-state index contributed by atoms with van der Waals surface area (Å²) < 4.78 is 0. The molecule has 0 spiro atoms. The van der Waals surface area contributed by atoms with Gasteiger partial charge < -0.3 is 10.2 Å². The van der Waals surface area contributed by atoms with E-state index in [-0.39, 0.29) is 0 Å². The predicted molar refractivity (Wildman–Crippen MR) is 69.3 cm³/mol. The molecule has 0 aromatic carbocycles. The van der Waals surface area contributed by atoms with Gasteiger partial charge in [-0.1, -0.05) is 0 Å². The van der Waals surface area contributed by atoms with Crippen LogP contribution >= 0.6 is 0 Å². The van der Waals surface area contributed by atoms with Crippen LogP contribution in [0.1, 0.15) is 6.92 Å². The molecule has 0 bridgehead atoms. The lowest BCUT2D eigenvalue weighted by Crippen LogP contribution is -2.49. The van der Waals surface area contributed by atoms with Crippen LogP contribution in [-0.2, 0) is 0 Å². The van der Waals surface area contributed by atoms with Crippen LogP contribution < -0.4 is 10.2 Å². The largest absolute Gasteiger partial charge is 0.337 e. The van der Waals surface area contributed by atoms with E-state index in [4.69, 9.17) is 0 Å². The van der Waals surface area contributed by atoms with Gasteiger partial charge in [0.05, 0.1) is 0 Å². The molecule has 0 amide bonds. The maximum atomic E-state index is 4.54. The molecular formula is C12H16N6. The van der Waals surface area contributed by atoms with Crippen molar-refractivity contribution >= 4 is 5.95 Å². The molecule has 94 valence electrons. The average Bonchev–Trinajstić information content (AvgIpc) is 2.89. The van der Waals surface area contributed by atoms with Gasteiger partial charge in [-0.2, -0.15) is 4.98 Å². The number of hydrogen-bond acceptors (Lipinski definition) is 5. The maximum Gasteiger partial charge on any atom is 0.245 e. The van der Waals surface area contributed by atoms with Crippen LogP contribution in [0.25, 0.3) is 11.4 Å². The van der Waals surface area contributed by atoms with E-state index in [9.17, 15) is 0 Å². The minimum atomic E-state index is 0.474. The van der Waals surface area contributed by atoms with Crippen molar-refractivity contribution in [3.63, 3.8) is 0 Å². The Labute approximate surface area is 105 Å². The number of hydrogen-bond donors (Lipinski definition) is 2. The van der Waals surface area contributed by atoms with E-state index in [0.29, 0.717) is 6.04 Å². The quantitative estimate of drug-likeness (QED) is 0.812. The first kappa shape index (κ1) is 11.2.